The maximum Gasteiger partial charge on any atom is 0.191 e. The van der Waals surface area contributed by atoms with Crippen LogP contribution in [0.2, 0.25) is 0 Å². The summed E-state index contributed by atoms with van der Waals surface area (Å²) in [6.07, 6.45) is 4.54. The molecule has 0 aliphatic heterocycles. The molecule has 0 saturated heterocycles. The molecule has 0 aliphatic rings. The predicted molar refractivity (Wildman–Crippen MR) is 90.0 cm³/mol. The molecule has 1 unspecified atom stereocenters. The van der Waals surface area contributed by atoms with Crippen molar-refractivity contribution in [1.29, 1.82) is 0 Å². The Labute approximate surface area is 130 Å². The van der Waals surface area contributed by atoms with Crippen LogP contribution in [0.3, 0.4) is 0 Å². The first-order valence-electron chi connectivity index (χ1n) is 8.14. The van der Waals surface area contributed by atoms with Crippen molar-refractivity contribution in [3.8, 4) is 0 Å². The molecule has 0 amide bonds. The normalized spacial score (nSPS) is 13.5. The number of nitrogens with zero attached hydrogens (tertiary/aromatic N) is 1. The van der Waals surface area contributed by atoms with E-state index in [0.717, 1.165) is 37.9 Å². The van der Waals surface area contributed by atoms with Gasteiger partial charge in [-0.15, -0.1) is 0 Å². The third-order valence-electron chi connectivity index (χ3n) is 3.22. The summed E-state index contributed by atoms with van der Waals surface area (Å²) >= 11 is 0. The molecule has 0 aromatic carbocycles. The number of aliphatic imine (C=N–C) groups is 1. The minimum Gasteiger partial charge on any atom is -0.382 e. The van der Waals surface area contributed by atoms with Crippen LogP contribution in [0.5, 0.6) is 0 Å². The van der Waals surface area contributed by atoms with E-state index >= 15 is 0 Å². The Morgan fingerprint density at radius 1 is 1.05 bits per heavy atom. The Bertz CT molecular complexity index is 258. The first kappa shape index (κ1) is 20.2. The van der Waals surface area contributed by atoms with E-state index in [4.69, 9.17) is 9.47 Å². The molecule has 1 atom stereocenters. The highest BCUT2D eigenvalue weighted by molar-refractivity contribution is 5.79. The topological polar surface area (TPSA) is 54.9 Å². The van der Waals surface area contributed by atoms with Crippen molar-refractivity contribution in [3.05, 3.63) is 0 Å². The molecular formula is C16H35N3O2. The van der Waals surface area contributed by atoms with E-state index in [1.807, 2.05) is 7.05 Å². The molecule has 21 heavy (non-hydrogen) atoms. The summed E-state index contributed by atoms with van der Waals surface area (Å²) in [6.45, 7) is 9.79. The molecule has 0 aromatic rings. The maximum absolute atomic E-state index is 5.43. The average molecular weight is 301 g/mol. The molecule has 126 valence electrons. The van der Waals surface area contributed by atoms with Crippen molar-refractivity contribution in [2.75, 3.05) is 40.5 Å². The molecule has 0 saturated carbocycles. The van der Waals surface area contributed by atoms with Crippen LogP contribution >= 0.6 is 0 Å². The Kier molecular flexibility index (Phi) is 13.6. The Morgan fingerprint density at radius 3 is 2.43 bits per heavy atom. The third kappa shape index (κ3) is 13.9. The molecule has 0 fully saturated rings. The lowest BCUT2D eigenvalue weighted by Crippen LogP contribution is -2.42. The SMILES string of the molecule is CN=C(NCCCCOCCOC)NC(C)CCC(C)C. The smallest absolute Gasteiger partial charge is 0.191 e. The van der Waals surface area contributed by atoms with Gasteiger partial charge in [0.1, 0.15) is 0 Å². The number of hydrogen-bond acceptors (Lipinski definition) is 3. The first-order valence-corrected chi connectivity index (χ1v) is 8.14. The van der Waals surface area contributed by atoms with Gasteiger partial charge in [-0.25, -0.2) is 0 Å². The van der Waals surface area contributed by atoms with Crippen molar-refractivity contribution >= 4 is 5.96 Å². The van der Waals surface area contributed by atoms with E-state index in [1.165, 1.54) is 12.8 Å². The van der Waals surface area contributed by atoms with Crippen LogP contribution in [-0.4, -0.2) is 52.5 Å². The molecule has 0 aliphatic carbocycles. The number of ether oxygens (including phenoxy) is 2. The van der Waals surface area contributed by atoms with Crippen LogP contribution in [0.1, 0.15) is 46.5 Å². The summed E-state index contributed by atoms with van der Waals surface area (Å²) in [7, 11) is 3.51. The van der Waals surface area contributed by atoms with Gasteiger partial charge in [0.2, 0.25) is 0 Å². The van der Waals surface area contributed by atoms with Crippen LogP contribution in [0.25, 0.3) is 0 Å². The molecule has 2 N–H and O–H groups in total. The van der Waals surface area contributed by atoms with Crippen LogP contribution in [0.4, 0.5) is 0 Å². The fraction of sp³-hybridized carbons (Fsp3) is 0.938. The van der Waals surface area contributed by atoms with E-state index in [1.54, 1.807) is 7.11 Å². The van der Waals surface area contributed by atoms with Crippen LogP contribution in [0, 0.1) is 5.92 Å². The molecule has 0 rings (SSSR count). The monoisotopic (exact) mass is 301 g/mol. The zero-order valence-corrected chi connectivity index (χ0v) is 14.6. The van der Waals surface area contributed by atoms with Gasteiger partial charge in [0, 0.05) is 33.4 Å². The number of methoxy groups -OCH3 is 1. The zero-order valence-electron chi connectivity index (χ0n) is 14.6. The van der Waals surface area contributed by atoms with E-state index < -0.39 is 0 Å². The third-order valence-corrected chi connectivity index (χ3v) is 3.22. The second-order valence-electron chi connectivity index (χ2n) is 5.83. The van der Waals surface area contributed by atoms with Gasteiger partial charge in [-0.05, 0) is 38.5 Å². The summed E-state index contributed by atoms with van der Waals surface area (Å²) in [5.41, 5.74) is 0. The fourth-order valence-electron chi connectivity index (χ4n) is 1.86. The zero-order chi connectivity index (χ0) is 15.9. The second kappa shape index (κ2) is 14.1. The van der Waals surface area contributed by atoms with Gasteiger partial charge in [0.15, 0.2) is 5.96 Å². The maximum atomic E-state index is 5.43. The highest BCUT2D eigenvalue weighted by atomic mass is 16.5. The highest BCUT2D eigenvalue weighted by Crippen LogP contribution is 2.06. The minimum atomic E-state index is 0.455. The lowest BCUT2D eigenvalue weighted by molar-refractivity contribution is 0.0689. The van der Waals surface area contributed by atoms with Gasteiger partial charge in [0.25, 0.3) is 0 Å². The highest BCUT2D eigenvalue weighted by Gasteiger charge is 2.05. The molecule has 5 nitrogen and oxygen atoms in total. The van der Waals surface area contributed by atoms with Gasteiger partial charge in [0.05, 0.1) is 13.2 Å². The van der Waals surface area contributed by atoms with Gasteiger partial charge in [-0.1, -0.05) is 13.8 Å². The van der Waals surface area contributed by atoms with E-state index in [-0.39, 0.29) is 0 Å². The van der Waals surface area contributed by atoms with Crippen LogP contribution in [0.15, 0.2) is 4.99 Å². The summed E-state index contributed by atoms with van der Waals surface area (Å²) in [5, 5.41) is 6.78. The molecule has 0 heterocycles. The number of unbranched alkanes of at least 4 members (excludes halogenated alkanes) is 1. The summed E-state index contributed by atoms with van der Waals surface area (Å²) in [5.74, 6) is 1.65. The van der Waals surface area contributed by atoms with Crippen molar-refractivity contribution in [3.63, 3.8) is 0 Å². The van der Waals surface area contributed by atoms with Crippen molar-refractivity contribution < 1.29 is 9.47 Å². The van der Waals surface area contributed by atoms with Gasteiger partial charge in [-0.3, -0.25) is 4.99 Å². The number of hydrogen-bond donors (Lipinski definition) is 2. The van der Waals surface area contributed by atoms with E-state index in [0.29, 0.717) is 19.3 Å². The minimum absolute atomic E-state index is 0.455. The largest absolute Gasteiger partial charge is 0.382 e. The Morgan fingerprint density at radius 2 is 1.81 bits per heavy atom. The predicted octanol–water partition coefficient (Wildman–Crippen LogP) is 2.42. The molecular weight excluding hydrogens is 266 g/mol. The van der Waals surface area contributed by atoms with Crippen molar-refractivity contribution in [2.45, 2.75) is 52.5 Å². The molecule has 0 radical (unpaired) electrons. The van der Waals surface area contributed by atoms with Gasteiger partial charge in [-0.2, -0.15) is 0 Å². The standard InChI is InChI=1S/C16H35N3O2/c1-14(2)8-9-15(3)19-16(17-4)18-10-6-7-11-21-13-12-20-5/h14-15H,6-13H2,1-5H3,(H2,17,18,19). The summed E-state index contributed by atoms with van der Waals surface area (Å²) in [6, 6.07) is 0.455. The molecule has 0 bridgehead atoms. The van der Waals surface area contributed by atoms with Crippen LogP contribution in [-0.2, 0) is 9.47 Å². The van der Waals surface area contributed by atoms with E-state index in [2.05, 4.69) is 36.4 Å². The summed E-state index contributed by atoms with van der Waals surface area (Å²) in [4.78, 5) is 4.26. The quantitative estimate of drug-likeness (QED) is 0.330. The van der Waals surface area contributed by atoms with Gasteiger partial charge < -0.3 is 20.1 Å². The number of nitrogens with one attached hydrogen (secondary N) is 2. The summed E-state index contributed by atoms with van der Waals surface area (Å²) < 4.78 is 10.4. The van der Waals surface area contributed by atoms with E-state index in [9.17, 15) is 0 Å². The number of rotatable bonds is 12. The van der Waals surface area contributed by atoms with Crippen molar-refractivity contribution in [1.82, 2.24) is 10.6 Å². The van der Waals surface area contributed by atoms with Crippen molar-refractivity contribution in [2.24, 2.45) is 10.9 Å². The van der Waals surface area contributed by atoms with Crippen LogP contribution < -0.4 is 10.6 Å². The average Bonchev–Trinajstić information content (AvgIpc) is 2.46. The lowest BCUT2D eigenvalue weighted by atomic mass is 10.0. The Hall–Kier alpha value is -0.810. The molecule has 0 aromatic heterocycles. The Balaban J connectivity index is 3.57. The first-order chi connectivity index (χ1) is 10.1. The lowest BCUT2D eigenvalue weighted by Gasteiger charge is -2.18. The molecule has 0 spiro atoms. The number of guanidine groups is 1. The molecule has 5 heteroatoms. The van der Waals surface area contributed by atoms with Gasteiger partial charge >= 0.3 is 0 Å². The second-order valence-corrected chi connectivity index (χ2v) is 5.83. The fourth-order valence-corrected chi connectivity index (χ4v) is 1.86.